The van der Waals surface area contributed by atoms with Crippen LogP contribution in [0.4, 0.5) is 32.4 Å². The van der Waals surface area contributed by atoms with Gasteiger partial charge in [-0.1, -0.05) is 41.9 Å². The predicted octanol–water partition coefficient (Wildman–Crippen LogP) is 6.48. The summed E-state index contributed by atoms with van der Waals surface area (Å²) in [4.78, 5) is 44.2. The highest BCUT2D eigenvalue weighted by Gasteiger charge is 2.74. The largest absolute Gasteiger partial charge is 0.465 e. The summed E-state index contributed by atoms with van der Waals surface area (Å²) in [7, 11) is 0. The first-order valence-corrected chi connectivity index (χ1v) is 17.0. The van der Waals surface area contributed by atoms with Crippen LogP contribution in [-0.4, -0.2) is 106 Å². The number of benzene rings is 2. The van der Waals surface area contributed by atoms with E-state index >= 15 is 0 Å². The van der Waals surface area contributed by atoms with Gasteiger partial charge in [-0.05, 0) is 82.1 Å². The van der Waals surface area contributed by atoms with Crippen LogP contribution >= 0.6 is 11.6 Å². The number of anilines is 1. The van der Waals surface area contributed by atoms with E-state index in [9.17, 15) is 46.5 Å². The monoisotopic (exact) mass is 728 g/mol. The van der Waals surface area contributed by atoms with Crippen molar-refractivity contribution in [3.63, 3.8) is 0 Å². The molecule has 5 rings (SSSR count). The van der Waals surface area contributed by atoms with Crippen LogP contribution in [0.5, 0.6) is 0 Å². The Bertz CT molecular complexity index is 1570. The second-order valence-electron chi connectivity index (χ2n) is 14.5. The highest BCUT2D eigenvalue weighted by Crippen LogP contribution is 2.50. The molecule has 0 unspecified atom stereocenters. The maximum Gasteiger partial charge on any atom is 0.457 e. The van der Waals surface area contributed by atoms with Crippen LogP contribution in [0.2, 0.25) is 5.02 Å². The number of carbonyl (C=O) groups is 3. The van der Waals surface area contributed by atoms with Crippen molar-refractivity contribution in [1.82, 2.24) is 14.7 Å². The normalized spacial score (nSPS) is 19.9. The minimum Gasteiger partial charge on any atom is -0.465 e. The zero-order chi connectivity index (χ0) is 36.8. The second-order valence-corrected chi connectivity index (χ2v) is 14.9. The molecule has 3 heterocycles. The predicted molar refractivity (Wildman–Crippen MR) is 176 cm³/mol. The van der Waals surface area contributed by atoms with E-state index < -0.39 is 40.8 Å². The lowest BCUT2D eigenvalue weighted by atomic mass is 9.78. The molecule has 0 saturated carbocycles. The fourth-order valence-electron chi connectivity index (χ4n) is 7.58. The average molecular weight is 729 g/mol. The number of halogens is 6. The molecule has 3 aliphatic heterocycles. The number of piperidine rings is 2. The summed E-state index contributed by atoms with van der Waals surface area (Å²) in [5, 5.41) is 20.8. The highest BCUT2D eigenvalue weighted by molar-refractivity contribution is 6.34. The number of amides is 3. The SMILES string of the molecule is CC(C)(C)N(C(=O)O)C1CN(C(=O)c2ccc(N3CCC(C4CCN(C(=O)[C@](O)(c5ccccc5)C(F)(F)C(F)(F)F)CC4)CC3)cc2Cl)C1. The molecular weight excluding hydrogens is 687 g/mol. The molecule has 1 atom stereocenters. The van der Waals surface area contributed by atoms with Crippen molar-refractivity contribution < 1.29 is 46.5 Å². The Hall–Kier alpha value is -3.65. The van der Waals surface area contributed by atoms with Gasteiger partial charge in [0, 0.05) is 50.5 Å². The van der Waals surface area contributed by atoms with E-state index in [-0.39, 0.29) is 55.0 Å². The number of likely N-dealkylation sites (tertiary alicyclic amines) is 2. The molecule has 9 nitrogen and oxygen atoms in total. The molecule has 0 aromatic heterocycles. The second kappa shape index (κ2) is 13.8. The fourth-order valence-corrected chi connectivity index (χ4v) is 7.83. The van der Waals surface area contributed by atoms with Gasteiger partial charge in [-0.15, -0.1) is 0 Å². The summed E-state index contributed by atoms with van der Waals surface area (Å²) in [5.41, 5.74) is -4.36. The first-order valence-electron chi connectivity index (χ1n) is 16.6. The van der Waals surface area contributed by atoms with Crippen LogP contribution in [0.25, 0.3) is 0 Å². The topological polar surface area (TPSA) is 105 Å². The summed E-state index contributed by atoms with van der Waals surface area (Å²) < 4.78 is 70.0. The molecule has 0 aliphatic carbocycles. The van der Waals surface area contributed by atoms with Gasteiger partial charge in [0.15, 0.2) is 0 Å². The van der Waals surface area contributed by atoms with E-state index in [1.807, 2.05) is 6.07 Å². The Labute approximate surface area is 292 Å². The van der Waals surface area contributed by atoms with Gasteiger partial charge in [0.25, 0.3) is 11.8 Å². The van der Waals surface area contributed by atoms with E-state index in [1.165, 1.54) is 23.1 Å². The quantitative estimate of drug-likeness (QED) is 0.317. The Morgan fingerprint density at radius 3 is 1.84 bits per heavy atom. The number of nitrogens with zero attached hydrogens (tertiary/aromatic N) is 4. The molecule has 3 amide bonds. The van der Waals surface area contributed by atoms with Crippen LogP contribution in [0.15, 0.2) is 48.5 Å². The minimum absolute atomic E-state index is 0.0554. The smallest absolute Gasteiger partial charge is 0.457 e. The Balaban J connectivity index is 1.15. The summed E-state index contributed by atoms with van der Waals surface area (Å²) >= 11 is 6.57. The van der Waals surface area contributed by atoms with Gasteiger partial charge in [0.1, 0.15) is 0 Å². The van der Waals surface area contributed by atoms with Crippen molar-refractivity contribution in [2.24, 2.45) is 11.8 Å². The standard InChI is InChI=1S/C35H42ClF5N4O5/c1-32(2,3)45(31(48)49)26-20-44(21-26)29(46)27-10-9-25(19-28(27)36)42-15-11-22(12-16-42)23-13-17-43(18-14-23)30(47)33(50,24-7-5-4-6-8-24)34(37,38)35(39,40)41/h4-10,19,22-23,26,50H,11-18,20-21H2,1-3H3,(H,48,49)/t33-/m1/s1. The van der Waals surface area contributed by atoms with Gasteiger partial charge in [0.05, 0.1) is 16.6 Å². The lowest BCUT2D eigenvalue weighted by molar-refractivity contribution is -0.339. The lowest BCUT2D eigenvalue weighted by Gasteiger charge is -2.49. The Morgan fingerprint density at radius 2 is 1.36 bits per heavy atom. The van der Waals surface area contributed by atoms with Crippen LogP contribution in [0.1, 0.15) is 62.4 Å². The average Bonchev–Trinajstić information content (AvgIpc) is 3.04. The highest BCUT2D eigenvalue weighted by atomic mass is 35.5. The molecule has 2 N–H and O–H groups in total. The third-order valence-corrected chi connectivity index (χ3v) is 10.6. The fraction of sp³-hybridized carbons (Fsp3) is 0.571. The van der Waals surface area contributed by atoms with Crippen molar-refractivity contribution in [2.45, 2.75) is 75.7 Å². The Morgan fingerprint density at radius 1 is 0.820 bits per heavy atom. The van der Waals surface area contributed by atoms with Gasteiger partial charge in [-0.25, -0.2) is 4.79 Å². The molecule has 3 aliphatic rings. The maximum atomic E-state index is 14.8. The molecule has 0 spiro atoms. The van der Waals surface area contributed by atoms with E-state index in [4.69, 9.17) is 11.6 Å². The maximum absolute atomic E-state index is 14.8. The van der Waals surface area contributed by atoms with Gasteiger partial charge >= 0.3 is 18.2 Å². The molecular formula is C35H42ClF5N4O5. The molecule has 15 heteroatoms. The molecule has 274 valence electrons. The van der Waals surface area contributed by atoms with Gasteiger partial charge in [-0.3, -0.25) is 14.5 Å². The number of hydrogen-bond acceptors (Lipinski definition) is 5. The number of carboxylic acid groups (broad SMARTS) is 1. The van der Waals surface area contributed by atoms with E-state index in [2.05, 4.69) is 4.90 Å². The van der Waals surface area contributed by atoms with E-state index in [0.717, 1.165) is 35.6 Å². The van der Waals surface area contributed by atoms with Crippen LogP contribution in [0.3, 0.4) is 0 Å². The molecule has 50 heavy (non-hydrogen) atoms. The number of alkyl halides is 5. The van der Waals surface area contributed by atoms with Gasteiger partial charge in [-0.2, -0.15) is 22.0 Å². The van der Waals surface area contributed by atoms with Crippen LogP contribution in [-0.2, 0) is 10.4 Å². The zero-order valence-electron chi connectivity index (χ0n) is 28.1. The lowest BCUT2D eigenvalue weighted by Crippen LogP contribution is -2.66. The Kier molecular flexibility index (Phi) is 10.4. The van der Waals surface area contributed by atoms with Crippen molar-refractivity contribution in [1.29, 1.82) is 0 Å². The first kappa shape index (κ1) is 37.6. The van der Waals surface area contributed by atoms with Crippen molar-refractivity contribution in [3.8, 4) is 0 Å². The number of carbonyl (C=O) groups excluding carboxylic acids is 2. The number of rotatable bonds is 7. The van der Waals surface area contributed by atoms with Crippen LogP contribution < -0.4 is 4.90 Å². The molecule has 0 bridgehead atoms. The van der Waals surface area contributed by atoms with Gasteiger partial charge in [0.2, 0.25) is 5.60 Å². The van der Waals surface area contributed by atoms with Crippen molar-refractivity contribution >= 4 is 35.2 Å². The third-order valence-electron chi connectivity index (χ3n) is 10.3. The zero-order valence-corrected chi connectivity index (χ0v) is 28.9. The summed E-state index contributed by atoms with van der Waals surface area (Å²) in [6.07, 6.45) is -4.84. The summed E-state index contributed by atoms with van der Waals surface area (Å²) in [6.45, 7) is 7.19. The molecule has 2 aromatic rings. The number of aliphatic hydroxyl groups is 1. The van der Waals surface area contributed by atoms with E-state index in [0.29, 0.717) is 31.5 Å². The van der Waals surface area contributed by atoms with Crippen molar-refractivity contribution in [2.75, 3.05) is 44.2 Å². The molecule has 2 aromatic carbocycles. The first-order chi connectivity index (χ1) is 23.3. The molecule has 3 saturated heterocycles. The molecule has 3 fully saturated rings. The van der Waals surface area contributed by atoms with Crippen LogP contribution in [0, 0.1) is 11.8 Å². The van der Waals surface area contributed by atoms with Crippen molar-refractivity contribution in [3.05, 3.63) is 64.7 Å². The summed E-state index contributed by atoms with van der Waals surface area (Å²) in [6, 6.07) is 10.5. The molecule has 0 radical (unpaired) electrons. The van der Waals surface area contributed by atoms with Gasteiger partial charge < -0.3 is 24.9 Å². The number of hydrogen-bond donors (Lipinski definition) is 2. The minimum atomic E-state index is -6.16. The third kappa shape index (κ3) is 6.97. The summed E-state index contributed by atoms with van der Waals surface area (Å²) in [5.74, 6) is -7.30. The van der Waals surface area contributed by atoms with E-state index in [1.54, 1.807) is 37.8 Å².